The zero-order valence-corrected chi connectivity index (χ0v) is 30.9. The fraction of sp³-hybridized carbons (Fsp3) is 0.115. The number of anilines is 3. The summed E-state index contributed by atoms with van der Waals surface area (Å²) in [5, 5.41) is 4.84. The molecule has 0 atom stereocenters. The van der Waals surface area contributed by atoms with E-state index in [1.165, 1.54) is 55.3 Å². The average Bonchev–Trinajstić information content (AvgIpc) is 3.77. The number of furan rings is 1. The maximum atomic E-state index is 6.96. The van der Waals surface area contributed by atoms with Crippen LogP contribution < -0.4 is 4.90 Å². The SMILES string of the molecule is CC1(C)c2cc(N(c3ccccc3)c3cccc4c3oc3c(-c5ccccc5)cccc34)ccc2-c2cc3c(cc21)-c1cc2ccccc2cc1C3(C)C. The summed E-state index contributed by atoms with van der Waals surface area (Å²) in [4.78, 5) is 2.37. The highest BCUT2D eigenvalue weighted by molar-refractivity contribution is 6.13. The first-order valence-corrected chi connectivity index (χ1v) is 19.0. The highest BCUT2D eigenvalue weighted by atomic mass is 16.3. The molecular weight excluding hydrogens is 655 g/mol. The Morgan fingerprint density at radius 2 is 0.944 bits per heavy atom. The number of para-hydroxylation sites is 3. The Morgan fingerprint density at radius 1 is 0.389 bits per heavy atom. The van der Waals surface area contributed by atoms with Gasteiger partial charge in [0.05, 0.1) is 5.69 Å². The highest BCUT2D eigenvalue weighted by Crippen LogP contribution is 2.57. The molecule has 1 aromatic heterocycles. The van der Waals surface area contributed by atoms with Crippen LogP contribution in [0.25, 0.3) is 66.1 Å². The third kappa shape index (κ3) is 4.28. The molecule has 8 aromatic carbocycles. The van der Waals surface area contributed by atoms with Crippen LogP contribution in [0.15, 0.2) is 168 Å². The second-order valence-electron chi connectivity index (χ2n) is 16.1. The minimum Gasteiger partial charge on any atom is -0.453 e. The second kappa shape index (κ2) is 11.1. The van der Waals surface area contributed by atoms with Crippen molar-refractivity contribution >= 4 is 49.8 Å². The number of hydrogen-bond acceptors (Lipinski definition) is 2. The summed E-state index contributed by atoms with van der Waals surface area (Å²) in [6.07, 6.45) is 0. The van der Waals surface area contributed by atoms with Crippen molar-refractivity contribution in [3.63, 3.8) is 0 Å². The van der Waals surface area contributed by atoms with Gasteiger partial charge in [-0.15, -0.1) is 0 Å². The van der Waals surface area contributed by atoms with Gasteiger partial charge < -0.3 is 9.32 Å². The Hall–Kier alpha value is -6.38. The van der Waals surface area contributed by atoms with E-state index in [1.807, 2.05) is 0 Å². The third-order valence-corrected chi connectivity index (χ3v) is 12.4. The molecule has 11 rings (SSSR count). The van der Waals surface area contributed by atoms with Gasteiger partial charge in [0.25, 0.3) is 0 Å². The van der Waals surface area contributed by atoms with Crippen LogP contribution in [0.5, 0.6) is 0 Å². The number of benzene rings is 8. The lowest BCUT2D eigenvalue weighted by atomic mass is 9.79. The molecule has 258 valence electrons. The first kappa shape index (κ1) is 31.2. The monoisotopic (exact) mass is 693 g/mol. The number of fused-ring (bicyclic) bond motifs is 10. The quantitative estimate of drug-likeness (QED) is 0.182. The molecule has 2 aliphatic rings. The van der Waals surface area contributed by atoms with Gasteiger partial charge in [-0.3, -0.25) is 0 Å². The lowest BCUT2D eigenvalue weighted by Gasteiger charge is -2.28. The fourth-order valence-corrected chi connectivity index (χ4v) is 9.60. The molecular formula is C52H39NO. The van der Waals surface area contributed by atoms with Crippen molar-refractivity contribution in [2.24, 2.45) is 0 Å². The summed E-state index contributed by atoms with van der Waals surface area (Å²) in [5.41, 5.74) is 18.0. The van der Waals surface area contributed by atoms with Gasteiger partial charge in [-0.25, -0.2) is 0 Å². The molecule has 0 aliphatic heterocycles. The van der Waals surface area contributed by atoms with Crippen molar-refractivity contribution in [3.05, 3.63) is 186 Å². The number of hydrogen-bond donors (Lipinski definition) is 0. The molecule has 1 heterocycles. The van der Waals surface area contributed by atoms with E-state index in [4.69, 9.17) is 4.42 Å². The normalized spacial score (nSPS) is 14.6. The molecule has 2 nitrogen and oxygen atoms in total. The Morgan fingerprint density at radius 3 is 1.67 bits per heavy atom. The van der Waals surface area contributed by atoms with Crippen LogP contribution in [0.1, 0.15) is 49.9 Å². The number of nitrogens with zero attached hydrogens (tertiary/aromatic N) is 1. The van der Waals surface area contributed by atoms with Gasteiger partial charge in [0.15, 0.2) is 5.58 Å². The maximum Gasteiger partial charge on any atom is 0.159 e. The minimum absolute atomic E-state index is 0.0910. The Labute approximate surface area is 315 Å². The molecule has 0 spiro atoms. The molecule has 0 fully saturated rings. The summed E-state index contributed by atoms with van der Waals surface area (Å²) in [6, 6.07) is 60.0. The lowest BCUT2D eigenvalue weighted by Crippen LogP contribution is -2.17. The highest BCUT2D eigenvalue weighted by Gasteiger charge is 2.42. The van der Waals surface area contributed by atoms with Crippen LogP contribution in [0.4, 0.5) is 17.1 Å². The van der Waals surface area contributed by atoms with Crippen molar-refractivity contribution in [1.82, 2.24) is 0 Å². The molecule has 0 bridgehead atoms. The van der Waals surface area contributed by atoms with Crippen molar-refractivity contribution in [2.45, 2.75) is 38.5 Å². The standard InChI is InChI=1S/C52H39NO/c1-51(2)44-28-34-18-12-11-17-33(34)27-41(44)43-31-46-42(30-47(43)51)38-26-25-36(29-45(38)52(46,3)4)53(35-19-9-6-10-20-35)48-24-14-23-40-39-22-13-21-37(49(39)54-50(40)48)32-15-7-5-8-16-32/h5-31H,1-4H3. The van der Waals surface area contributed by atoms with Crippen molar-refractivity contribution in [1.29, 1.82) is 0 Å². The van der Waals surface area contributed by atoms with Crippen LogP contribution in [0.3, 0.4) is 0 Å². The van der Waals surface area contributed by atoms with Gasteiger partial charge in [0.1, 0.15) is 5.58 Å². The van der Waals surface area contributed by atoms with Crippen LogP contribution in [-0.4, -0.2) is 0 Å². The van der Waals surface area contributed by atoms with Gasteiger partial charge in [-0.05, 0) is 115 Å². The average molecular weight is 694 g/mol. The van der Waals surface area contributed by atoms with Crippen molar-refractivity contribution < 1.29 is 4.42 Å². The van der Waals surface area contributed by atoms with E-state index < -0.39 is 0 Å². The molecule has 2 heteroatoms. The van der Waals surface area contributed by atoms with E-state index in [0.29, 0.717) is 0 Å². The predicted octanol–water partition coefficient (Wildman–Crippen LogP) is 14.5. The van der Waals surface area contributed by atoms with Crippen LogP contribution in [-0.2, 0) is 10.8 Å². The molecule has 2 aliphatic carbocycles. The molecule has 0 radical (unpaired) electrons. The van der Waals surface area contributed by atoms with Gasteiger partial charge in [-0.1, -0.05) is 137 Å². The van der Waals surface area contributed by atoms with Crippen molar-refractivity contribution in [3.8, 4) is 33.4 Å². The fourth-order valence-electron chi connectivity index (χ4n) is 9.60. The Balaban J connectivity index is 1.08. The van der Waals surface area contributed by atoms with E-state index in [-0.39, 0.29) is 10.8 Å². The van der Waals surface area contributed by atoms with E-state index in [1.54, 1.807) is 0 Å². The van der Waals surface area contributed by atoms with Gasteiger partial charge in [0, 0.05) is 38.5 Å². The smallest absolute Gasteiger partial charge is 0.159 e. The first-order valence-electron chi connectivity index (χ1n) is 19.0. The molecule has 0 saturated carbocycles. The van der Waals surface area contributed by atoms with E-state index in [2.05, 4.69) is 196 Å². The number of rotatable bonds is 4. The van der Waals surface area contributed by atoms with Gasteiger partial charge >= 0.3 is 0 Å². The van der Waals surface area contributed by atoms with Crippen LogP contribution in [0, 0.1) is 0 Å². The summed E-state index contributed by atoms with van der Waals surface area (Å²) in [7, 11) is 0. The van der Waals surface area contributed by atoms with Gasteiger partial charge in [-0.2, -0.15) is 0 Å². The summed E-state index contributed by atoms with van der Waals surface area (Å²) in [5.74, 6) is 0. The van der Waals surface area contributed by atoms with Gasteiger partial charge in [0.2, 0.25) is 0 Å². The molecule has 9 aromatic rings. The zero-order valence-electron chi connectivity index (χ0n) is 30.9. The zero-order chi connectivity index (χ0) is 36.3. The maximum absolute atomic E-state index is 6.96. The Kier molecular flexibility index (Phi) is 6.39. The molecule has 54 heavy (non-hydrogen) atoms. The summed E-state index contributed by atoms with van der Waals surface area (Å²) >= 11 is 0. The second-order valence-corrected chi connectivity index (χ2v) is 16.1. The van der Waals surface area contributed by atoms with E-state index >= 15 is 0 Å². The minimum atomic E-state index is -0.197. The predicted molar refractivity (Wildman–Crippen MR) is 226 cm³/mol. The topological polar surface area (TPSA) is 16.4 Å². The van der Waals surface area contributed by atoms with Crippen LogP contribution >= 0.6 is 0 Å². The molecule has 0 amide bonds. The van der Waals surface area contributed by atoms with Crippen molar-refractivity contribution in [2.75, 3.05) is 4.90 Å². The largest absolute Gasteiger partial charge is 0.453 e. The summed E-state index contributed by atoms with van der Waals surface area (Å²) < 4.78 is 6.96. The molecule has 0 unspecified atom stereocenters. The van der Waals surface area contributed by atoms with E-state index in [9.17, 15) is 0 Å². The summed E-state index contributed by atoms with van der Waals surface area (Å²) in [6.45, 7) is 9.57. The van der Waals surface area contributed by atoms with Crippen LogP contribution in [0.2, 0.25) is 0 Å². The molecule has 0 saturated heterocycles. The third-order valence-electron chi connectivity index (χ3n) is 12.4. The first-order chi connectivity index (χ1) is 26.3. The lowest BCUT2D eigenvalue weighted by molar-refractivity contribution is 0.652. The van der Waals surface area contributed by atoms with E-state index in [0.717, 1.165) is 50.1 Å². The molecule has 0 N–H and O–H groups in total. The Bertz CT molecular complexity index is 2980.